The number of methoxy groups -OCH3 is 1. The van der Waals surface area contributed by atoms with E-state index in [1.807, 2.05) is 0 Å². The van der Waals surface area contributed by atoms with Gasteiger partial charge in [0.1, 0.15) is 6.54 Å². The van der Waals surface area contributed by atoms with Crippen molar-refractivity contribution in [1.82, 2.24) is 9.88 Å². The van der Waals surface area contributed by atoms with E-state index in [-0.39, 0.29) is 29.7 Å². The number of ether oxygens (including phenoxy) is 2. The molecule has 1 aliphatic rings. The third-order valence-corrected chi connectivity index (χ3v) is 3.94. The third-order valence-electron chi connectivity index (χ3n) is 3.94. The molecule has 0 bridgehead atoms. The number of carbonyl (C=O) groups is 2. The Kier molecular flexibility index (Phi) is 4.66. The molecule has 128 valence electrons. The summed E-state index contributed by atoms with van der Waals surface area (Å²) in [7, 11) is 1.27. The summed E-state index contributed by atoms with van der Waals surface area (Å²) in [6, 6.07) is 4.49. The van der Waals surface area contributed by atoms with Gasteiger partial charge in [0, 0.05) is 13.2 Å². The number of hydrogen-bond acceptors (Lipinski definition) is 6. The summed E-state index contributed by atoms with van der Waals surface area (Å²) in [5.41, 5.74) is 0.948. The average Bonchev–Trinajstić information content (AvgIpc) is 3.20. The summed E-state index contributed by atoms with van der Waals surface area (Å²) >= 11 is 0. The van der Waals surface area contributed by atoms with Gasteiger partial charge in [0.2, 0.25) is 5.91 Å². The molecular weight excluding hydrogens is 316 g/mol. The maximum absolute atomic E-state index is 12.0. The summed E-state index contributed by atoms with van der Waals surface area (Å²) in [5.74, 6) is -1.48. The number of nitrogens with one attached hydrogen (secondary N) is 1. The maximum atomic E-state index is 12.0. The van der Waals surface area contributed by atoms with E-state index in [1.165, 1.54) is 23.8 Å². The molecule has 1 unspecified atom stereocenters. The molecule has 1 N–H and O–H groups in total. The Hall–Kier alpha value is -2.61. The normalized spacial score (nSPS) is 17.1. The summed E-state index contributed by atoms with van der Waals surface area (Å²) < 4.78 is 16.4. The van der Waals surface area contributed by atoms with E-state index in [1.54, 1.807) is 6.07 Å². The van der Waals surface area contributed by atoms with Gasteiger partial charge in [0.05, 0.1) is 24.3 Å². The molecule has 1 aromatic heterocycles. The van der Waals surface area contributed by atoms with E-state index in [9.17, 15) is 14.4 Å². The second-order valence-corrected chi connectivity index (χ2v) is 5.57. The molecule has 8 heteroatoms. The van der Waals surface area contributed by atoms with Gasteiger partial charge in [-0.25, -0.2) is 9.59 Å². The lowest BCUT2D eigenvalue weighted by Crippen LogP contribution is -2.35. The fourth-order valence-electron chi connectivity index (χ4n) is 2.69. The van der Waals surface area contributed by atoms with Crippen molar-refractivity contribution in [3.8, 4) is 0 Å². The predicted molar refractivity (Wildman–Crippen MR) is 83.8 cm³/mol. The van der Waals surface area contributed by atoms with Crippen molar-refractivity contribution >= 4 is 23.0 Å². The van der Waals surface area contributed by atoms with E-state index < -0.39 is 11.7 Å². The van der Waals surface area contributed by atoms with Gasteiger partial charge in [0.25, 0.3) is 0 Å². The molecule has 0 aliphatic carbocycles. The number of amides is 1. The van der Waals surface area contributed by atoms with Crippen LogP contribution >= 0.6 is 0 Å². The number of fused-ring (bicyclic) bond motifs is 1. The minimum atomic E-state index is -0.653. The molecule has 0 radical (unpaired) electrons. The summed E-state index contributed by atoms with van der Waals surface area (Å²) in [6.45, 7) is 0.987. The summed E-state index contributed by atoms with van der Waals surface area (Å²) in [4.78, 5) is 35.5. The highest BCUT2D eigenvalue weighted by Crippen LogP contribution is 2.16. The van der Waals surface area contributed by atoms with Gasteiger partial charge in [-0.3, -0.25) is 9.36 Å². The summed E-state index contributed by atoms with van der Waals surface area (Å²) in [6.07, 6.45) is 1.95. The number of benzene rings is 1. The number of esters is 1. The molecule has 2 aromatic rings. The highest BCUT2D eigenvalue weighted by atomic mass is 16.5. The van der Waals surface area contributed by atoms with E-state index in [4.69, 9.17) is 9.15 Å². The van der Waals surface area contributed by atoms with E-state index >= 15 is 0 Å². The first kappa shape index (κ1) is 16.3. The molecule has 3 rings (SSSR count). The van der Waals surface area contributed by atoms with Crippen LogP contribution in [-0.2, 0) is 20.8 Å². The molecule has 2 heterocycles. The standard InChI is InChI=1S/C16H18N2O6/c1-22-15(20)10-4-5-12-13(7-10)24-16(21)18(12)9-14(19)17-8-11-3-2-6-23-11/h4-5,7,11H,2-3,6,8-9H2,1H3,(H,17,19). The molecule has 1 aliphatic heterocycles. The van der Waals surface area contributed by atoms with Crippen LogP contribution in [0, 0.1) is 0 Å². The number of nitrogens with zero attached hydrogens (tertiary/aromatic N) is 1. The Morgan fingerprint density at radius 1 is 1.42 bits per heavy atom. The number of oxazole rings is 1. The first-order valence-corrected chi connectivity index (χ1v) is 7.68. The van der Waals surface area contributed by atoms with Crippen LogP contribution in [0.5, 0.6) is 0 Å². The number of rotatable bonds is 5. The van der Waals surface area contributed by atoms with Crippen molar-refractivity contribution in [2.75, 3.05) is 20.3 Å². The molecular formula is C16H18N2O6. The molecule has 1 amide bonds. The number of carbonyl (C=O) groups excluding carboxylic acids is 2. The van der Waals surface area contributed by atoms with Gasteiger partial charge < -0.3 is 19.2 Å². The van der Waals surface area contributed by atoms with Crippen LogP contribution in [0.3, 0.4) is 0 Å². The minimum Gasteiger partial charge on any atom is -0.465 e. The SMILES string of the molecule is COC(=O)c1ccc2c(c1)oc(=O)n2CC(=O)NCC1CCCO1. The largest absolute Gasteiger partial charge is 0.465 e. The van der Waals surface area contributed by atoms with Gasteiger partial charge in [0.15, 0.2) is 5.58 Å². The molecule has 0 saturated carbocycles. The Morgan fingerprint density at radius 2 is 2.25 bits per heavy atom. The van der Waals surface area contributed by atoms with Crippen LogP contribution in [0.4, 0.5) is 0 Å². The second kappa shape index (κ2) is 6.88. The van der Waals surface area contributed by atoms with Gasteiger partial charge in [-0.2, -0.15) is 0 Å². The Bertz CT molecular complexity index is 816. The molecule has 8 nitrogen and oxygen atoms in total. The molecule has 0 spiro atoms. The molecule has 1 saturated heterocycles. The Balaban J connectivity index is 1.74. The van der Waals surface area contributed by atoms with Crippen molar-refractivity contribution in [1.29, 1.82) is 0 Å². The quantitative estimate of drug-likeness (QED) is 0.807. The maximum Gasteiger partial charge on any atom is 0.420 e. The lowest BCUT2D eigenvalue weighted by atomic mass is 10.2. The fraction of sp³-hybridized carbons (Fsp3) is 0.438. The van der Waals surface area contributed by atoms with Crippen molar-refractivity contribution in [2.45, 2.75) is 25.5 Å². The van der Waals surface area contributed by atoms with Crippen LogP contribution in [-0.4, -0.2) is 42.8 Å². The zero-order valence-electron chi connectivity index (χ0n) is 13.2. The van der Waals surface area contributed by atoms with Crippen LogP contribution in [0.2, 0.25) is 0 Å². The van der Waals surface area contributed by atoms with Crippen LogP contribution in [0.15, 0.2) is 27.4 Å². The molecule has 1 atom stereocenters. The van der Waals surface area contributed by atoms with Crippen LogP contribution < -0.4 is 11.1 Å². The van der Waals surface area contributed by atoms with Crippen LogP contribution in [0.25, 0.3) is 11.1 Å². The Morgan fingerprint density at radius 3 is 2.96 bits per heavy atom. The van der Waals surface area contributed by atoms with Gasteiger partial charge in [-0.05, 0) is 31.0 Å². The third kappa shape index (κ3) is 3.33. The molecule has 1 fully saturated rings. The fourth-order valence-corrected chi connectivity index (χ4v) is 2.69. The van der Waals surface area contributed by atoms with E-state index in [2.05, 4.69) is 10.1 Å². The minimum absolute atomic E-state index is 0.0365. The van der Waals surface area contributed by atoms with Crippen LogP contribution in [0.1, 0.15) is 23.2 Å². The van der Waals surface area contributed by atoms with Gasteiger partial charge in [-0.15, -0.1) is 0 Å². The van der Waals surface area contributed by atoms with Gasteiger partial charge in [-0.1, -0.05) is 0 Å². The highest BCUT2D eigenvalue weighted by Gasteiger charge is 2.18. The number of hydrogen-bond donors (Lipinski definition) is 1. The van der Waals surface area contributed by atoms with Crippen molar-refractivity contribution in [3.63, 3.8) is 0 Å². The average molecular weight is 334 g/mol. The number of aromatic nitrogens is 1. The lowest BCUT2D eigenvalue weighted by Gasteiger charge is -2.10. The first-order chi connectivity index (χ1) is 11.6. The van der Waals surface area contributed by atoms with Gasteiger partial charge >= 0.3 is 11.7 Å². The van der Waals surface area contributed by atoms with E-state index in [0.29, 0.717) is 12.1 Å². The summed E-state index contributed by atoms with van der Waals surface area (Å²) in [5, 5.41) is 2.75. The first-order valence-electron chi connectivity index (χ1n) is 7.68. The lowest BCUT2D eigenvalue weighted by molar-refractivity contribution is -0.122. The van der Waals surface area contributed by atoms with Crippen molar-refractivity contribution in [2.24, 2.45) is 0 Å². The zero-order valence-corrected chi connectivity index (χ0v) is 13.2. The second-order valence-electron chi connectivity index (χ2n) is 5.57. The van der Waals surface area contributed by atoms with Crippen molar-refractivity contribution < 1.29 is 23.5 Å². The molecule has 24 heavy (non-hydrogen) atoms. The topological polar surface area (TPSA) is 99.8 Å². The predicted octanol–water partition coefficient (Wildman–Crippen LogP) is 0.676. The zero-order chi connectivity index (χ0) is 17.1. The monoisotopic (exact) mass is 334 g/mol. The smallest absolute Gasteiger partial charge is 0.420 e. The van der Waals surface area contributed by atoms with E-state index in [0.717, 1.165) is 19.4 Å². The molecule has 1 aromatic carbocycles. The highest BCUT2D eigenvalue weighted by molar-refractivity contribution is 5.93. The van der Waals surface area contributed by atoms with Crippen molar-refractivity contribution in [3.05, 3.63) is 34.3 Å². The Labute approximate surface area is 137 Å².